The van der Waals surface area contributed by atoms with Crippen LogP contribution in [0.2, 0.25) is 0 Å². The van der Waals surface area contributed by atoms with Crippen molar-refractivity contribution >= 4 is 10.8 Å². The molecule has 0 aliphatic carbocycles. The topological polar surface area (TPSA) is 51.5 Å². The van der Waals surface area contributed by atoms with Gasteiger partial charge >= 0.3 is 5.63 Å². The molecule has 3 heterocycles. The van der Waals surface area contributed by atoms with Gasteiger partial charge in [-0.3, -0.25) is 0 Å². The first-order valence-corrected chi connectivity index (χ1v) is 8.10. The van der Waals surface area contributed by atoms with E-state index in [-0.39, 0.29) is 11.7 Å². The molecule has 22 heavy (non-hydrogen) atoms. The van der Waals surface area contributed by atoms with Crippen molar-refractivity contribution < 1.29 is 9.15 Å². The summed E-state index contributed by atoms with van der Waals surface area (Å²) in [5.74, 6) is 1.40. The number of fused-ring (bicyclic) bond motifs is 3. The Morgan fingerprint density at radius 2 is 2.05 bits per heavy atom. The minimum absolute atomic E-state index is 0.180. The van der Waals surface area contributed by atoms with Crippen LogP contribution in [-0.2, 0) is 17.8 Å². The summed E-state index contributed by atoms with van der Waals surface area (Å²) < 4.78 is 11.8. The summed E-state index contributed by atoms with van der Waals surface area (Å²) in [5, 5.41) is 5.08. The van der Waals surface area contributed by atoms with Crippen molar-refractivity contribution in [2.45, 2.75) is 38.9 Å². The molecule has 1 N–H and O–H groups in total. The minimum atomic E-state index is -0.219. The Bertz CT molecular complexity index is 759. The van der Waals surface area contributed by atoms with E-state index in [0.29, 0.717) is 17.9 Å². The highest BCUT2D eigenvalue weighted by molar-refractivity contribution is 5.88. The molecule has 1 fully saturated rings. The lowest BCUT2D eigenvalue weighted by Crippen LogP contribution is -2.38. The molecular weight excluding hydrogens is 278 g/mol. The third-order valence-corrected chi connectivity index (χ3v) is 5.08. The Hall–Kier alpha value is -1.65. The van der Waals surface area contributed by atoms with E-state index in [1.54, 1.807) is 0 Å². The molecule has 1 aromatic heterocycles. The van der Waals surface area contributed by atoms with Crippen molar-refractivity contribution in [2.75, 3.05) is 13.1 Å². The molecule has 2 aromatic rings. The lowest BCUT2D eigenvalue weighted by Gasteiger charge is -2.33. The second-order valence-corrected chi connectivity index (χ2v) is 6.43. The first-order chi connectivity index (χ1) is 10.7. The van der Waals surface area contributed by atoms with Crippen LogP contribution in [0.4, 0.5) is 0 Å². The maximum absolute atomic E-state index is 12.3. The Balaban J connectivity index is 1.75. The highest BCUT2D eigenvalue weighted by atomic mass is 16.5. The number of hydrogen-bond donors (Lipinski definition) is 1. The Morgan fingerprint density at radius 1 is 1.23 bits per heavy atom. The second kappa shape index (κ2) is 5.52. The standard InChI is InChI=1S/C18H21NO3/c1-11-3-2-4-13-17(11)14-10-21-15(9-16(14)22-18(13)20)12-5-7-19-8-6-12/h2-4,12,15,19H,5-10H2,1H3. The van der Waals surface area contributed by atoms with Gasteiger partial charge in [-0.15, -0.1) is 0 Å². The predicted octanol–water partition coefficient (Wildman–Crippen LogP) is 2.54. The van der Waals surface area contributed by atoms with Crippen molar-refractivity contribution in [2.24, 2.45) is 5.92 Å². The monoisotopic (exact) mass is 299 g/mol. The molecule has 116 valence electrons. The maximum atomic E-state index is 12.3. The van der Waals surface area contributed by atoms with Gasteiger partial charge in [-0.1, -0.05) is 12.1 Å². The molecule has 1 unspecified atom stereocenters. The molecule has 2 aliphatic heterocycles. The summed E-state index contributed by atoms with van der Waals surface area (Å²) in [6.45, 7) is 4.70. The normalized spacial score (nSPS) is 22.7. The fourth-order valence-electron chi connectivity index (χ4n) is 3.87. The summed E-state index contributed by atoms with van der Waals surface area (Å²) in [7, 11) is 0. The van der Waals surface area contributed by atoms with Crippen LogP contribution in [0.1, 0.15) is 29.7 Å². The molecule has 0 amide bonds. The van der Waals surface area contributed by atoms with Crippen LogP contribution < -0.4 is 10.9 Å². The second-order valence-electron chi connectivity index (χ2n) is 6.43. The molecule has 4 heteroatoms. The highest BCUT2D eigenvalue weighted by Gasteiger charge is 2.31. The summed E-state index contributed by atoms with van der Waals surface area (Å²) in [6.07, 6.45) is 3.17. The van der Waals surface area contributed by atoms with Crippen LogP contribution in [0.5, 0.6) is 0 Å². The van der Waals surface area contributed by atoms with Gasteiger partial charge in [-0.25, -0.2) is 4.79 Å². The zero-order chi connectivity index (χ0) is 15.1. The van der Waals surface area contributed by atoms with E-state index in [2.05, 4.69) is 5.32 Å². The molecule has 1 saturated heterocycles. The van der Waals surface area contributed by atoms with Crippen LogP contribution in [0.15, 0.2) is 27.4 Å². The van der Waals surface area contributed by atoms with Crippen molar-refractivity contribution in [1.29, 1.82) is 0 Å². The zero-order valence-corrected chi connectivity index (χ0v) is 12.9. The van der Waals surface area contributed by atoms with Gasteiger partial charge in [0, 0.05) is 17.4 Å². The smallest absolute Gasteiger partial charge is 0.343 e. The lowest BCUT2D eigenvalue weighted by molar-refractivity contribution is -0.0237. The van der Waals surface area contributed by atoms with E-state index in [1.165, 1.54) is 0 Å². The third kappa shape index (κ3) is 2.27. The lowest BCUT2D eigenvalue weighted by atomic mass is 9.87. The number of benzene rings is 1. The molecule has 0 radical (unpaired) electrons. The van der Waals surface area contributed by atoms with Gasteiger partial charge in [-0.05, 0) is 50.4 Å². The van der Waals surface area contributed by atoms with Gasteiger partial charge in [0.2, 0.25) is 0 Å². The molecule has 4 rings (SSSR count). The van der Waals surface area contributed by atoms with Crippen LogP contribution in [-0.4, -0.2) is 19.2 Å². The van der Waals surface area contributed by atoms with Gasteiger partial charge in [0.15, 0.2) is 0 Å². The first-order valence-electron chi connectivity index (χ1n) is 8.10. The number of rotatable bonds is 1. The molecular formula is C18H21NO3. The van der Waals surface area contributed by atoms with Crippen molar-refractivity contribution in [3.8, 4) is 0 Å². The maximum Gasteiger partial charge on any atom is 0.343 e. The Morgan fingerprint density at radius 3 is 2.86 bits per heavy atom. The molecule has 4 nitrogen and oxygen atoms in total. The van der Waals surface area contributed by atoms with Crippen LogP contribution >= 0.6 is 0 Å². The summed E-state index contributed by atoms with van der Waals surface area (Å²) >= 11 is 0. The molecule has 0 saturated carbocycles. The van der Waals surface area contributed by atoms with Gasteiger partial charge in [0.05, 0.1) is 18.1 Å². The van der Waals surface area contributed by atoms with E-state index in [4.69, 9.17) is 9.15 Å². The predicted molar refractivity (Wildman–Crippen MR) is 85.1 cm³/mol. The SMILES string of the molecule is Cc1cccc2c(=O)oc3c(c12)COC(C1CCNCC1)C3. The third-order valence-electron chi connectivity index (χ3n) is 5.08. The van der Waals surface area contributed by atoms with E-state index in [1.807, 2.05) is 25.1 Å². The molecule has 0 spiro atoms. The number of aryl methyl sites for hydroxylation is 1. The Labute approximate surface area is 129 Å². The van der Waals surface area contributed by atoms with E-state index >= 15 is 0 Å². The Kier molecular flexibility index (Phi) is 3.51. The van der Waals surface area contributed by atoms with Crippen molar-refractivity contribution in [3.05, 3.63) is 45.5 Å². The largest absolute Gasteiger partial charge is 0.427 e. The van der Waals surface area contributed by atoms with Gasteiger partial charge < -0.3 is 14.5 Å². The fraction of sp³-hybridized carbons (Fsp3) is 0.500. The summed E-state index contributed by atoms with van der Waals surface area (Å²) in [4.78, 5) is 12.3. The fourth-order valence-corrected chi connectivity index (χ4v) is 3.87. The highest BCUT2D eigenvalue weighted by Crippen LogP contribution is 2.32. The number of piperidine rings is 1. The van der Waals surface area contributed by atoms with Crippen LogP contribution in [0.25, 0.3) is 10.8 Å². The summed E-state index contributed by atoms with van der Waals surface area (Å²) in [6, 6.07) is 5.79. The van der Waals surface area contributed by atoms with Gasteiger partial charge in [-0.2, -0.15) is 0 Å². The summed E-state index contributed by atoms with van der Waals surface area (Å²) in [5.41, 5.74) is 1.96. The molecule has 0 bridgehead atoms. The van der Waals surface area contributed by atoms with Crippen LogP contribution in [0, 0.1) is 12.8 Å². The number of hydrogen-bond acceptors (Lipinski definition) is 4. The first kappa shape index (κ1) is 14.0. The molecule has 2 aliphatic rings. The average molecular weight is 299 g/mol. The van der Waals surface area contributed by atoms with Gasteiger partial charge in [0.25, 0.3) is 0 Å². The van der Waals surface area contributed by atoms with Crippen molar-refractivity contribution in [1.82, 2.24) is 5.32 Å². The molecule has 1 atom stereocenters. The minimum Gasteiger partial charge on any atom is -0.427 e. The van der Waals surface area contributed by atoms with E-state index in [0.717, 1.165) is 54.6 Å². The number of nitrogens with one attached hydrogen (secondary N) is 1. The van der Waals surface area contributed by atoms with E-state index in [9.17, 15) is 4.79 Å². The molecule has 1 aromatic carbocycles. The van der Waals surface area contributed by atoms with Crippen molar-refractivity contribution in [3.63, 3.8) is 0 Å². The quantitative estimate of drug-likeness (QED) is 0.879. The van der Waals surface area contributed by atoms with Crippen LogP contribution in [0.3, 0.4) is 0 Å². The average Bonchev–Trinajstić information content (AvgIpc) is 2.55. The zero-order valence-electron chi connectivity index (χ0n) is 12.9. The van der Waals surface area contributed by atoms with E-state index < -0.39 is 0 Å². The van der Waals surface area contributed by atoms with Gasteiger partial charge in [0.1, 0.15) is 5.76 Å². The number of ether oxygens (including phenoxy) is 1.